The zero-order chi connectivity index (χ0) is 13.9. The predicted molar refractivity (Wildman–Crippen MR) is 83.4 cm³/mol. The summed E-state index contributed by atoms with van der Waals surface area (Å²) in [7, 11) is 0. The first-order valence-electron chi connectivity index (χ1n) is 8.71. The maximum absolute atomic E-state index is 11.0. The second-order valence-electron chi connectivity index (χ2n) is 6.68. The number of unbranched alkanes of at least 4 members (excludes halogenated alkanes) is 5. The molecule has 0 saturated heterocycles. The summed E-state index contributed by atoms with van der Waals surface area (Å²) in [5.41, 5.74) is 0. The first kappa shape index (κ1) is 16.7. The van der Waals surface area contributed by atoms with Crippen LogP contribution in [0.5, 0.6) is 0 Å². The zero-order valence-electron chi connectivity index (χ0n) is 13.3. The van der Waals surface area contributed by atoms with E-state index in [9.17, 15) is 4.79 Å². The van der Waals surface area contributed by atoms with E-state index in [1.54, 1.807) is 6.92 Å². The summed E-state index contributed by atoms with van der Waals surface area (Å²) in [6, 6.07) is 0. The molecule has 0 bridgehead atoms. The summed E-state index contributed by atoms with van der Waals surface area (Å²) in [6.07, 6.45) is 17.6. The number of ketones is 1. The third-order valence-corrected chi connectivity index (χ3v) is 4.84. The van der Waals surface area contributed by atoms with Crippen LogP contribution in [0, 0.1) is 11.8 Å². The smallest absolute Gasteiger partial charge is 0.129 e. The molecule has 0 unspecified atom stereocenters. The van der Waals surface area contributed by atoms with Crippen molar-refractivity contribution >= 4 is 5.78 Å². The molecule has 1 saturated carbocycles. The summed E-state index contributed by atoms with van der Waals surface area (Å²) >= 11 is 0. The lowest BCUT2D eigenvalue weighted by Gasteiger charge is -2.28. The van der Waals surface area contributed by atoms with Crippen molar-refractivity contribution in [2.24, 2.45) is 11.8 Å². The molecule has 0 atom stereocenters. The summed E-state index contributed by atoms with van der Waals surface area (Å²) in [6.45, 7) is 4.01. The van der Waals surface area contributed by atoms with Gasteiger partial charge in [-0.2, -0.15) is 0 Å². The van der Waals surface area contributed by atoms with Gasteiger partial charge < -0.3 is 4.79 Å². The highest BCUT2D eigenvalue weighted by atomic mass is 16.1. The molecule has 0 radical (unpaired) electrons. The Bertz CT molecular complexity index is 226. The Kier molecular flexibility index (Phi) is 9.20. The Morgan fingerprint density at radius 2 is 1.37 bits per heavy atom. The summed E-state index contributed by atoms with van der Waals surface area (Å²) in [5.74, 6) is 2.22. The Hall–Kier alpha value is -0.330. The van der Waals surface area contributed by atoms with Crippen molar-refractivity contribution in [3.63, 3.8) is 0 Å². The number of hydrogen-bond acceptors (Lipinski definition) is 1. The normalized spacial score (nSPS) is 23.5. The van der Waals surface area contributed by atoms with Crippen LogP contribution in [-0.2, 0) is 4.79 Å². The van der Waals surface area contributed by atoms with Gasteiger partial charge in [0.25, 0.3) is 0 Å². The summed E-state index contributed by atoms with van der Waals surface area (Å²) < 4.78 is 0. The summed E-state index contributed by atoms with van der Waals surface area (Å²) in [5, 5.41) is 0. The number of carbonyl (C=O) groups is 1. The molecule has 0 heterocycles. The molecule has 112 valence electrons. The second kappa shape index (κ2) is 10.5. The maximum Gasteiger partial charge on any atom is 0.129 e. The minimum atomic E-state index is 0.370. The Labute approximate surface area is 120 Å². The number of rotatable bonds is 10. The topological polar surface area (TPSA) is 17.1 Å². The van der Waals surface area contributed by atoms with Gasteiger partial charge in [0.05, 0.1) is 0 Å². The van der Waals surface area contributed by atoms with Crippen LogP contribution in [0.3, 0.4) is 0 Å². The van der Waals surface area contributed by atoms with Gasteiger partial charge in [-0.3, -0.25) is 0 Å². The van der Waals surface area contributed by atoms with Gasteiger partial charge in [0.2, 0.25) is 0 Å². The van der Waals surface area contributed by atoms with Crippen LogP contribution in [0.4, 0.5) is 0 Å². The molecule has 0 aromatic heterocycles. The number of carbonyl (C=O) groups excluding carboxylic acids is 1. The molecule has 0 amide bonds. The average Bonchev–Trinajstić information content (AvgIpc) is 2.41. The second-order valence-corrected chi connectivity index (χ2v) is 6.68. The molecule has 0 aliphatic heterocycles. The van der Waals surface area contributed by atoms with E-state index in [0.29, 0.717) is 5.78 Å². The first-order chi connectivity index (χ1) is 9.22. The largest absolute Gasteiger partial charge is 0.300 e. The van der Waals surface area contributed by atoms with Crippen molar-refractivity contribution in [1.82, 2.24) is 0 Å². The lowest BCUT2D eigenvalue weighted by Crippen LogP contribution is -2.15. The Balaban J connectivity index is 1.96. The molecule has 19 heavy (non-hydrogen) atoms. The van der Waals surface area contributed by atoms with Crippen molar-refractivity contribution in [3.05, 3.63) is 0 Å². The molecule has 1 nitrogen and oxygen atoms in total. The van der Waals surface area contributed by atoms with Gasteiger partial charge in [0.15, 0.2) is 0 Å². The average molecular weight is 266 g/mol. The highest BCUT2D eigenvalue weighted by Crippen LogP contribution is 2.34. The van der Waals surface area contributed by atoms with E-state index in [4.69, 9.17) is 0 Å². The van der Waals surface area contributed by atoms with Gasteiger partial charge in [-0.25, -0.2) is 0 Å². The lowest BCUT2D eigenvalue weighted by molar-refractivity contribution is -0.117. The molecule has 1 rings (SSSR count). The highest BCUT2D eigenvalue weighted by Gasteiger charge is 2.20. The van der Waals surface area contributed by atoms with Crippen molar-refractivity contribution < 1.29 is 4.79 Å². The monoisotopic (exact) mass is 266 g/mol. The molecule has 1 aliphatic carbocycles. The van der Waals surface area contributed by atoms with Gasteiger partial charge in [-0.15, -0.1) is 0 Å². The van der Waals surface area contributed by atoms with Crippen LogP contribution in [-0.4, -0.2) is 5.78 Å². The fraction of sp³-hybridized carbons (Fsp3) is 0.944. The van der Waals surface area contributed by atoms with Crippen molar-refractivity contribution in [3.8, 4) is 0 Å². The molecule has 0 N–H and O–H groups in total. The summed E-state index contributed by atoms with van der Waals surface area (Å²) in [4.78, 5) is 11.0. The van der Waals surface area contributed by atoms with Gasteiger partial charge in [0.1, 0.15) is 5.78 Å². The first-order valence-corrected chi connectivity index (χ1v) is 8.71. The van der Waals surface area contributed by atoms with E-state index >= 15 is 0 Å². The van der Waals surface area contributed by atoms with E-state index in [1.165, 1.54) is 70.6 Å². The molecule has 1 fully saturated rings. The third kappa shape index (κ3) is 8.44. The van der Waals surface area contributed by atoms with Crippen LogP contribution in [0.25, 0.3) is 0 Å². The number of Topliss-reactive ketones (excluding diaryl/α,β-unsaturated/α-hetero) is 1. The quantitative estimate of drug-likeness (QED) is 0.449. The van der Waals surface area contributed by atoms with Gasteiger partial charge in [-0.1, -0.05) is 77.6 Å². The van der Waals surface area contributed by atoms with E-state index in [-0.39, 0.29) is 0 Å². The van der Waals surface area contributed by atoms with E-state index in [2.05, 4.69) is 6.92 Å². The standard InChI is InChI=1S/C18H34O/c1-3-4-5-6-7-8-9-17-12-14-18(15-13-17)11-10-16(2)19/h17-18H,3-15H2,1-2H3. The minimum Gasteiger partial charge on any atom is -0.300 e. The Morgan fingerprint density at radius 3 is 1.95 bits per heavy atom. The van der Waals surface area contributed by atoms with Crippen LogP contribution < -0.4 is 0 Å². The molecular weight excluding hydrogens is 232 g/mol. The van der Waals surface area contributed by atoms with Crippen LogP contribution >= 0.6 is 0 Å². The van der Waals surface area contributed by atoms with E-state index in [0.717, 1.165) is 24.7 Å². The van der Waals surface area contributed by atoms with Gasteiger partial charge in [-0.05, 0) is 25.2 Å². The zero-order valence-corrected chi connectivity index (χ0v) is 13.3. The third-order valence-electron chi connectivity index (χ3n) is 4.84. The predicted octanol–water partition coefficient (Wildman–Crippen LogP) is 5.91. The van der Waals surface area contributed by atoms with E-state index in [1.807, 2.05) is 0 Å². The molecular formula is C18H34O. The minimum absolute atomic E-state index is 0.370. The maximum atomic E-state index is 11.0. The SMILES string of the molecule is CCCCCCCCC1CCC(CCC(C)=O)CC1. The molecule has 0 aromatic rings. The molecule has 0 spiro atoms. The molecule has 0 aromatic carbocycles. The van der Waals surface area contributed by atoms with Crippen LogP contribution in [0.15, 0.2) is 0 Å². The Morgan fingerprint density at radius 1 is 0.842 bits per heavy atom. The van der Waals surface area contributed by atoms with Crippen LogP contribution in [0.1, 0.15) is 97.3 Å². The fourth-order valence-electron chi connectivity index (χ4n) is 3.43. The molecule has 1 aliphatic rings. The van der Waals surface area contributed by atoms with Gasteiger partial charge in [0, 0.05) is 6.42 Å². The highest BCUT2D eigenvalue weighted by molar-refractivity contribution is 5.75. The van der Waals surface area contributed by atoms with Crippen molar-refractivity contribution in [1.29, 1.82) is 0 Å². The van der Waals surface area contributed by atoms with Crippen molar-refractivity contribution in [2.75, 3.05) is 0 Å². The molecule has 1 heteroatoms. The number of hydrogen-bond donors (Lipinski definition) is 0. The van der Waals surface area contributed by atoms with E-state index < -0.39 is 0 Å². The van der Waals surface area contributed by atoms with Crippen molar-refractivity contribution in [2.45, 2.75) is 97.3 Å². The fourth-order valence-corrected chi connectivity index (χ4v) is 3.43. The van der Waals surface area contributed by atoms with Gasteiger partial charge >= 0.3 is 0 Å². The lowest BCUT2D eigenvalue weighted by atomic mass is 9.78. The van der Waals surface area contributed by atoms with Crippen LogP contribution in [0.2, 0.25) is 0 Å².